The highest BCUT2D eigenvalue weighted by molar-refractivity contribution is 6.01. The second-order valence-electron chi connectivity index (χ2n) is 5.07. The minimum absolute atomic E-state index is 0.0708. The standard InChI is InChI=1S/C19H19F2NO4/c1-3-25-15-8-6-14(7-9-15)22-18(23)11-5-13-4-10-16(26-19(20)21)17(12-13)24-2/h4-12,19H,3H2,1-2H3,(H,22,23)/b11-5+. The normalized spacial score (nSPS) is 10.8. The quantitative estimate of drug-likeness (QED) is 0.709. The van der Waals surface area contributed by atoms with Gasteiger partial charge in [0.2, 0.25) is 5.91 Å². The molecule has 0 aliphatic carbocycles. The third kappa shape index (κ3) is 5.77. The molecule has 0 bridgehead atoms. The zero-order valence-corrected chi connectivity index (χ0v) is 14.4. The number of methoxy groups -OCH3 is 1. The highest BCUT2D eigenvalue weighted by Gasteiger charge is 2.10. The lowest BCUT2D eigenvalue weighted by molar-refractivity contribution is -0.111. The zero-order valence-electron chi connectivity index (χ0n) is 14.4. The van der Waals surface area contributed by atoms with Crippen LogP contribution < -0.4 is 19.5 Å². The molecule has 0 aliphatic rings. The van der Waals surface area contributed by atoms with E-state index in [1.807, 2.05) is 6.92 Å². The van der Waals surface area contributed by atoms with E-state index in [4.69, 9.17) is 9.47 Å². The molecule has 2 rings (SSSR count). The summed E-state index contributed by atoms with van der Waals surface area (Å²) < 4.78 is 39.3. The summed E-state index contributed by atoms with van der Waals surface area (Å²) >= 11 is 0. The first-order valence-corrected chi connectivity index (χ1v) is 7.86. The van der Waals surface area contributed by atoms with Crippen LogP contribution in [0.3, 0.4) is 0 Å². The van der Waals surface area contributed by atoms with E-state index in [0.717, 1.165) is 5.75 Å². The van der Waals surface area contributed by atoms with Crippen LogP contribution in [0.15, 0.2) is 48.5 Å². The van der Waals surface area contributed by atoms with Crippen molar-refractivity contribution in [3.8, 4) is 17.2 Å². The van der Waals surface area contributed by atoms with Crippen LogP contribution in [-0.2, 0) is 4.79 Å². The number of hydrogen-bond donors (Lipinski definition) is 1. The van der Waals surface area contributed by atoms with Crippen LogP contribution in [0.25, 0.3) is 6.08 Å². The molecule has 1 N–H and O–H groups in total. The van der Waals surface area contributed by atoms with E-state index in [1.165, 1.54) is 25.3 Å². The minimum atomic E-state index is -2.94. The fourth-order valence-corrected chi connectivity index (χ4v) is 2.14. The summed E-state index contributed by atoms with van der Waals surface area (Å²) in [5.74, 6) is 0.470. The molecule has 5 nitrogen and oxygen atoms in total. The van der Waals surface area contributed by atoms with Gasteiger partial charge in [-0.2, -0.15) is 8.78 Å². The van der Waals surface area contributed by atoms with E-state index in [9.17, 15) is 13.6 Å². The Kier molecular flexibility index (Phi) is 6.96. The topological polar surface area (TPSA) is 56.8 Å². The minimum Gasteiger partial charge on any atom is -0.494 e. The van der Waals surface area contributed by atoms with Crippen LogP contribution >= 0.6 is 0 Å². The number of rotatable bonds is 8. The number of ether oxygens (including phenoxy) is 3. The number of hydrogen-bond acceptors (Lipinski definition) is 4. The van der Waals surface area contributed by atoms with E-state index in [-0.39, 0.29) is 17.4 Å². The van der Waals surface area contributed by atoms with Gasteiger partial charge in [-0.15, -0.1) is 0 Å². The second kappa shape index (κ2) is 9.41. The van der Waals surface area contributed by atoms with E-state index < -0.39 is 6.61 Å². The Morgan fingerprint density at radius 1 is 1.15 bits per heavy atom. The number of anilines is 1. The molecule has 2 aromatic carbocycles. The van der Waals surface area contributed by atoms with Gasteiger partial charge < -0.3 is 19.5 Å². The lowest BCUT2D eigenvalue weighted by Gasteiger charge is -2.10. The molecule has 7 heteroatoms. The maximum absolute atomic E-state index is 12.3. The number of carbonyl (C=O) groups is 1. The predicted octanol–water partition coefficient (Wildman–Crippen LogP) is 4.35. The summed E-state index contributed by atoms with van der Waals surface area (Å²) in [6, 6.07) is 11.4. The Morgan fingerprint density at radius 3 is 2.50 bits per heavy atom. The molecule has 0 radical (unpaired) electrons. The molecule has 0 aromatic heterocycles. The molecule has 2 aromatic rings. The molecular weight excluding hydrogens is 344 g/mol. The van der Waals surface area contributed by atoms with Crippen LogP contribution in [0, 0.1) is 0 Å². The highest BCUT2D eigenvalue weighted by atomic mass is 19.3. The predicted molar refractivity (Wildman–Crippen MR) is 94.9 cm³/mol. The van der Waals surface area contributed by atoms with Gasteiger partial charge in [0.15, 0.2) is 11.5 Å². The van der Waals surface area contributed by atoms with Gasteiger partial charge in [-0.25, -0.2) is 0 Å². The van der Waals surface area contributed by atoms with E-state index in [1.54, 1.807) is 36.4 Å². The first-order chi connectivity index (χ1) is 12.5. The molecule has 26 heavy (non-hydrogen) atoms. The monoisotopic (exact) mass is 363 g/mol. The molecule has 0 fully saturated rings. The van der Waals surface area contributed by atoms with Gasteiger partial charge in [-0.05, 0) is 55.0 Å². The van der Waals surface area contributed by atoms with Crippen molar-refractivity contribution < 1.29 is 27.8 Å². The third-order valence-electron chi connectivity index (χ3n) is 3.26. The summed E-state index contributed by atoms with van der Waals surface area (Å²) in [6.07, 6.45) is 2.87. The van der Waals surface area contributed by atoms with Crippen molar-refractivity contribution in [1.82, 2.24) is 0 Å². The maximum Gasteiger partial charge on any atom is 0.387 e. The van der Waals surface area contributed by atoms with Crippen LogP contribution in [0.1, 0.15) is 12.5 Å². The van der Waals surface area contributed by atoms with Gasteiger partial charge >= 0.3 is 6.61 Å². The van der Waals surface area contributed by atoms with Crippen LogP contribution in [0.4, 0.5) is 14.5 Å². The molecule has 0 heterocycles. The molecule has 0 saturated carbocycles. The Balaban J connectivity index is 2.00. The molecule has 0 saturated heterocycles. The van der Waals surface area contributed by atoms with Crippen molar-refractivity contribution in [2.45, 2.75) is 13.5 Å². The van der Waals surface area contributed by atoms with Crippen LogP contribution in [-0.4, -0.2) is 26.2 Å². The Labute approximate surface area is 150 Å². The SMILES string of the molecule is CCOc1ccc(NC(=O)/C=C/c2ccc(OC(F)F)c(OC)c2)cc1. The number of nitrogens with one attached hydrogen (secondary N) is 1. The average molecular weight is 363 g/mol. The Morgan fingerprint density at radius 2 is 1.88 bits per heavy atom. The fraction of sp³-hybridized carbons (Fsp3) is 0.211. The summed E-state index contributed by atoms with van der Waals surface area (Å²) in [5.41, 5.74) is 1.23. The fourth-order valence-electron chi connectivity index (χ4n) is 2.14. The first-order valence-electron chi connectivity index (χ1n) is 7.86. The number of alkyl halides is 2. The smallest absolute Gasteiger partial charge is 0.387 e. The van der Waals surface area contributed by atoms with E-state index in [2.05, 4.69) is 10.1 Å². The maximum atomic E-state index is 12.3. The van der Waals surface area contributed by atoms with Crippen LogP contribution in [0.2, 0.25) is 0 Å². The molecule has 138 valence electrons. The lowest BCUT2D eigenvalue weighted by atomic mass is 10.2. The summed E-state index contributed by atoms with van der Waals surface area (Å²) in [5, 5.41) is 2.71. The van der Waals surface area contributed by atoms with E-state index >= 15 is 0 Å². The summed E-state index contributed by atoms with van der Waals surface area (Å²) in [6.45, 7) is -0.481. The zero-order chi connectivity index (χ0) is 18.9. The van der Waals surface area contributed by atoms with Gasteiger partial charge in [-0.3, -0.25) is 4.79 Å². The number of halogens is 2. The first kappa shape index (κ1) is 19.2. The van der Waals surface area contributed by atoms with Gasteiger partial charge in [0.1, 0.15) is 5.75 Å². The molecule has 0 atom stereocenters. The summed E-state index contributed by atoms with van der Waals surface area (Å²) in [4.78, 5) is 12.0. The lowest BCUT2D eigenvalue weighted by Crippen LogP contribution is -2.07. The van der Waals surface area contributed by atoms with E-state index in [0.29, 0.717) is 17.9 Å². The van der Waals surface area contributed by atoms with Crippen molar-refractivity contribution in [2.24, 2.45) is 0 Å². The van der Waals surface area contributed by atoms with Gasteiger partial charge in [0.25, 0.3) is 0 Å². The molecular formula is C19H19F2NO4. The van der Waals surface area contributed by atoms with Crippen LogP contribution in [0.5, 0.6) is 17.2 Å². The molecule has 1 amide bonds. The van der Waals surface area contributed by atoms with Gasteiger partial charge in [-0.1, -0.05) is 6.07 Å². The summed E-state index contributed by atoms with van der Waals surface area (Å²) in [7, 11) is 1.35. The number of benzene rings is 2. The average Bonchev–Trinajstić information content (AvgIpc) is 2.62. The highest BCUT2D eigenvalue weighted by Crippen LogP contribution is 2.29. The Hall–Kier alpha value is -3.09. The number of amides is 1. The van der Waals surface area contributed by atoms with Gasteiger partial charge in [0.05, 0.1) is 13.7 Å². The van der Waals surface area contributed by atoms with Crippen molar-refractivity contribution in [3.63, 3.8) is 0 Å². The van der Waals surface area contributed by atoms with Crippen molar-refractivity contribution in [3.05, 3.63) is 54.1 Å². The molecule has 0 aliphatic heterocycles. The third-order valence-corrected chi connectivity index (χ3v) is 3.26. The van der Waals surface area contributed by atoms with Crippen molar-refractivity contribution in [2.75, 3.05) is 19.0 Å². The largest absolute Gasteiger partial charge is 0.494 e. The molecule has 0 unspecified atom stereocenters. The molecule has 0 spiro atoms. The second-order valence-corrected chi connectivity index (χ2v) is 5.07. The van der Waals surface area contributed by atoms with Crippen molar-refractivity contribution >= 4 is 17.7 Å². The van der Waals surface area contributed by atoms with Gasteiger partial charge in [0, 0.05) is 11.8 Å². The van der Waals surface area contributed by atoms with Crippen molar-refractivity contribution in [1.29, 1.82) is 0 Å². The number of carbonyl (C=O) groups excluding carboxylic acids is 1. The Bertz CT molecular complexity index is 761.